The van der Waals surface area contributed by atoms with E-state index in [0.29, 0.717) is 45.6 Å². The van der Waals surface area contributed by atoms with Crippen LogP contribution < -0.4 is 20.6 Å². The van der Waals surface area contributed by atoms with E-state index >= 15 is 4.39 Å². The van der Waals surface area contributed by atoms with Gasteiger partial charge in [-0.3, -0.25) is 0 Å². The van der Waals surface area contributed by atoms with Gasteiger partial charge in [-0.1, -0.05) is 23.7 Å². The number of para-hydroxylation sites is 1. The molecule has 0 aliphatic carbocycles. The molecule has 0 radical (unpaired) electrons. The van der Waals surface area contributed by atoms with Gasteiger partial charge < -0.3 is 24.9 Å². The van der Waals surface area contributed by atoms with Gasteiger partial charge in [-0.25, -0.2) is 19.2 Å². The monoisotopic (exact) mass is 454 g/mol. The Balaban J connectivity index is 1.62. The molecule has 2 aliphatic rings. The smallest absolute Gasteiger partial charge is 0.323 e. The van der Waals surface area contributed by atoms with Crippen molar-refractivity contribution < 1.29 is 9.13 Å². The van der Waals surface area contributed by atoms with E-state index in [2.05, 4.69) is 30.2 Å². The number of halogens is 2. The van der Waals surface area contributed by atoms with Crippen molar-refractivity contribution in [3.05, 3.63) is 45.9 Å². The van der Waals surface area contributed by atoms with Crippen LogP contribution in [0.1, 0.15) is 12.8 Å². The molecule has 2 aromatic heterocycles. The molecular weight excluding hydrogens is 435 g/mol. The Morgan fingerprint density at radius 1 is 1.19 bits per heavy atom. The summed E-state index contributed by atoms with van der Waals surface area (Å²) in [5, 5.41) is 4.16. The summed E-state index contributed by atoms with van der Waals surface area (Å²) < 4.78 is 21.7. The molecule has 10 heteroatoms. The average Bonchev–Trinajstić information content (AvgIpc) is 3.34. The Bertz CT molecular complexity index is 1420. The molecule has 0 spiro atoms. The number of hydrogen-bond donors (Lipinski definition) is 3. The third kappa shape index (κ3) is 2.81. The number of nitrogens with one attached hydrogen (secondary N) is 3. The molecule has 8 nitrogen and oxygen atoms in total. The van der Waals surface area contributed by atoms with Crippen LogP contribution in [0.2, 0.25) is 5.02 Å². The molecule has 2 unspecified atom stereocenters. The summed E-state index contributed by atoms with van der Waals surface area (Å²) in [6.45, 7) is 1.55. The zero-order valence-corrected chi connectivity index (χ0v) is 18.0. The molecule has 2 bridgehead atoms. The first-order valence-corrected chi connectivity index (χ1v) is 10.8. The zero-order chi connectivity index (χ0) is 22.0. The highest BCUT2D eigenvalue weighted by molar-refractivity contribution is 6.37. The largest absolute Gasteiger partial charge is 0.494 e. The number of piperazine rings is 1. The van der Waals surface area contributed by atoms with Crippen molar-refractivity contribution in [3.63, 3.8) is 0 Å². The molecule has 6 rings (SSSR count). The predicted octanol–water partition coefficient (Wildman–Crippen LogP) is 3.21. The van der Waals surface area contributed by atoms with E-state index in [1.165, 1.54) is 13.4 Å². The van der Waals surface area contributed by atoms with Crippen molar-refractivity contribution in [2.75, 3.05) is 25.1 Å². The number of hydrogen-bond acceptors (Lipinski definition) is 6. The number of ether oxygens (including phenoxy) is 1. The van der Waals surface area contributed by atoms with Gasteiger partial charge >= 0.3 is 5.69 Å². The Labute approximate surface area is 186 Å². The van der Waals surface area contributed by atoms with Gasteiger partial charge in [0.2, 0.25) is 0 Å². The van der Waals surface area contributed by atoms with Crippen molar-refractivity contribution >= 4 is 39.4 Å². The first-order valence-electron chi connectivity index (χ1n) is 10.5. The number of benzene rings is 2. The molecule has 0 amide bonds. The van der Waals surface area contributed by atoms with Crippen LogP contribution in [0.3, 0.4) is 0 Å². The molecule has 3 N–H and O–H groups in total. The van der Waals surface area contributed by atoms with Gasteiger partial charge in [0, 0.05) is 36.3 Å². The molecule has 2 aliphatic heterocycles. The second-order valence-corrected chi connectivity index (χ2v) is 8.69. The standard InChI is InChI=1S/C22H20ClFN6O2/c1-32-20-15-19(25-9-26-21(15)30-7-10-5-6-11(8-30)27-10)17(24)14(16(20)23)12-3-2-4-13-18(12)29-22(31)28-13/h2-4,9-11,27H,5-8H2,1H3,(H2,28,29,31). The number of imidazole rings is 1. The summed E-state index contributed by atoms with van der Waals surface area (Å²) >= 11 is 6.76. The second kappa shape index (κ2) is 7.18. The van der Waals surface area contributed by atoms with Gasteiger partial charge in [-0.15, -0.1) is 0 Å². The topological polar surface area (TPSA) is 98.9 Å². The van der Waals surface area contributed by atoms with Crippen molar-refractivity contribution in [2.45, 2.75) is 24.9 Å². The molecule has 2 saturated heterocycles. The van der Waals surface area contributed by atoms with Crippen LogP contribution in [-0.4, -0.2) is 52.2 Å². The molecule has 4 heterocycles. The number of aromatic nitrogens is 4. The molecule has 2 atom stereocenters. The van der Waals surface area contributed by atoms with E-state index in [1.54, 1.807) is 18.2 Å². The lowest BCUT2D eigenvalue weighted by molar-refractivity contribution is 0.418. The van der Waals surface area contributed by atoms with E-state index in [4.69, 9.17) is 16.3 Å². The maximum atomic E-state index is 16.0. The minimum Gasteiger partial charge on any atom is -0.494 e. The number of anilines is 1. The number of H-pyrrole nitrogens is 2. The highest BCUT2D eigenvalue weighted by Gasteiger charge is 2.35. The van der Waals surface area contributed by atoms with Crippen LogP contribution in [0, 0.1) is 5.82 Å². The summed E-state index contributed by atoms with van der Waals surface area (Å²) in [6, 6.07) is 5.94. The number of rotatable bonds is 3. The Morgan fingerprint density at radius 3 is 2.72 bits per heavy atom. The fraction of sp³-hybridized carbons (Fsp3) is 0.318. The van der Waals surface area contributed by atoms with E-state index in [-0.39, 0.29) is 21.8 Å². The summed E-state index contributed by atoms with van der Waals surface area (Å²) in [5.74, 6) is 0.349. The van der Waals surface area contributed by atoms with Gasteiger partial charge in [-0.2, -0.15) is 0 Å². The summed E-state index contributed by atoms with van der Waals surface area (Å²) in [4.78, 5) is 28.2. The Kier molecular flexibility index (Phi) is 4.38. The molecule has 2 fully saturated rings. The van der Waals surface area contributed by atoms with Gasteiger partial charge in [-0.05, 0) is 18.9 Å². The summed E-state index contributed by atoms with van der Waals surface area (Å²) in [7, 11) is 1.50. The lowest BCUT2D eigenvalue weighted by Gasteiger charge is -2.34. The van der Waals surface area contributed by atoms with E-state index in [1.807, 2.05) is 0 Å². The number of aromatic amines is 2. The zero-order valence-electron chi connectivity index (χ0n) is 17.2. The third-order valence-corrected chi connectivity index (χ3v) is 6.80. The number of nitrogens with zero attached hydrogens (tertiary/aromatic N) is 3. The maximum Gasteiger partial charge on any atom is 0.323 e. The van der Waals surface area contributed by atoms with Gasteiger partial charge in [0.05, 0.1) is 28.6 Å². The van der Waals surface area contributed by atoms with Gasteiger partial charge in [0.25, 0.3) is 0 Å². The summed E-state index contributed by atoms with van der Waals surface area (Å²) in [6.07, 6.45) is 3.60. The lowest BCUT2D eigenvalue weighted by atomic mass is 10.00. The summed E-state index contributed by atoms with van der Waals surface area (Å²) in [5.41, 5.74) is 1.35. The van der Waals surface area contributed by atoms with Crippen LogP contribution in [-0.2, 0) is 0 Å². The van der Waals surface area contributed by atoms with Crippen LogP contribution in [0.5, 0.6) is 5.75 Å². The Morgan fingerprint density at radius 2 is 1.97 bits per heavy atom. The highest BCUT2D eigenvalue weighted by Crippen LogP contribution is 2.47. The second-order valence-electron chi connectivity index (χ2n) is 8.31. The van der Waals surface area contributed by atoms with Crippen LogP contribution >= 0.6 is 11.6 Å². The average molecular weight is 455 g/mol. The third-order valence-electron chi connectivity index (χ3n) is 6.44. The highest BCUT2D eigenvalue weighted by atomic mass is 35.5. The van der Waals surface area contributed by atoms with Crippen LogP contribution in [0.4, 0.5) is 10.2 Å². The molecule has 164 valence electrons. The molecule has 2 aromatic carbocycles. The normalized spacial score (nSPS) is 20.4. The SMILES string of the molecule is COc1c(Cl)c(-c2cccc3[nH]c(=O)[nH]c23)c(F)c2ncnc(N3CC4CCC(C3)N4)c12. The van der Waals surface area contributed by atoms with E-state index in [0.717, 1.165) is 25.9 Å². The molecular formula is C22H20ClFN6O2. The van der Waals surface area contributed by atoms with Gasteiger partial charge in [0.15, 0.2) is 11.6 Å². The minimum atomic E-state index is -0.581. The molecule has 4 aromatic rings. The quantitative estimate of drug-likeness (QED) is 0.439. The maximum absolute atomic E-state index is 16.0. The van der Waals surface area contributed by atoms with Crippen LogP contribution in [0.25, 0.3) is 33.1 Å². The Hall–Kier alpha value is -3.17. The fourth-order valence-corrected chi connectivity index (χ4v) is 5.45. The predicted molar refractivity (Wildman–Crippen MR) is 121 cm³/mol. The fourth-order valence-electron chi connectivity index (χ4n) is 5.09. The van der Waals surface area contributed by atoms with E-state index < -0.39 is 5.82 Å². The first kappa shape index (κ1) is 19.5. The van der Waals surface area contributed by atoms with Gasteiger partial charge in [0.1, 0.15) is 17.7 Å². The number of fused-ring (bicyclic) bond motifs is 4. The first-order chi connectivity index (χ1) is 15.5. The lowest BCUT2D eigenvalue weighted by Crippen LogP contribution is -2.51. The van der Waals surface area contributed by atoms with Crippen LogP contribution in [0.15, 0.2) is 29.3 Å². The van der Waals surface area contributed by atoms with Crippen molar-refractivity contribution in [1.82, 2.24) is 25.3 Å². The van der Waals surface area contributed by atoms with Crippen molar-refractivity contribution in [2.24, 2.45) is 0 Å². The van der Waals surface area contributed by atoms with Crippen molar-refractivity contribution in [1.29, 1.82) is 0 Å². The number of methoxy groups -OCH3 is 1. The van der Waals surface area contributed by atoms with E-state index in [9.17, 15) is 4.79 Å². The molecule has 32 heavy (non-hydrogen) atoms. The van der Waals surface area contributed by atoms with Crippen molar-refractivity contribution in [3.8, 4) is 16.9 Å². The minimum absolute atomic E-state index is 0.112. The molecule has 0 saturated carbocycles.